The molecule has 0 amide bonds. The molecule has 0 bridgehead atoms. The van der Waals surface area contributed by atoms with Crippen molar-refractivity contribution in [3.8, 4) is 0 Å². The molecule has 2 nitrogen and oxygen atoms in total. The summed E-state index contributed by atoms with van der Waals surface area (Å²) in [4.78, 5) is 0. The second kappa shape index (κ2) is 7.21. The van der Waals surface area contributed by atoms with Crippen molar-refractivity contribution in [2.45, 2.75) is 39.7 Å². The minimum atomic E-state index is 0.0196. The third-order valence-corrected chi connectivity index (χ3v) is 5.06. The lowest BCUT2D eigenvalue weighted by Gasteiger charge is -2.19. The van der Waals surface area contributed by atoms with Crippen molar-refractivity contribution in [3.63, 3.8) is 0 Å². The number of hydrazine groups is 1. The van der Waals surface area contributed by atoms with E-state index in [0.717, 1.165) is 6.42 Å². The van der Waals surface area contributed by atoms with E-state index in [1.807, 2.05) is 0 Å². The van der Waals surface area contributed by atoms with E-state index in [9.17, 15) is 0 Å². The molecule has 0 radical (unpaired) electrons. The number of rotatable bonds is 5. The normalized spacial score (nSPS) is 12.4. The van der Waals surface area contributed by atoms with Crippen LogP contribution >= 0.6 is 15.9 Å². The first-order chi connectivity index (χ1) is 10.1. The Morgan fingerprint density at radius 2 is 1.62 bits per heavy atom. The van der Waals surface area contributed by atoms with Gasteiger partial charge in [-0.05, 0) is 48.1 Å². The lowest BCUT2D eigenvalue weighted by Crippen LogP contribution is -2.29. The van der Waals surface area contributed by atoms with Crippen LogP contribution in [0.5, 0.6) is 0 Å². The van der Waals surface area contributed by atoms with E-state index in [1.54, 1.807) is 0 Å². The topological polar surface area (TPSA) is 38.0 Å². The van der Waals surface area contributed by atoms with Gasteiger partial charge in [-0.25, -0.2) is 5.43 Å². The third-order valence-electron chi connectivity index (χ3n) is 3.81. The van der Waals surface area contributed by atoms with Gasteiger partial charge in [-0.2, -0.15) is 0 Å². The predicted octanol–water partition coefficient (Wildman–Crippen LogP) is 4.57. The summed E-state index contributed by atoms with van der Waals surface area (Å²) in [5, 5.41) is 0. The minimum absolute atomic E-state index is 0.0196. The average Bonchev–Trinajstić information content (AvgIpc) is 2.47. The Labute approximate surface area is 135 Å². The fourth-order valence-electron chi connectivity index (χ4n) is 2.70. The maximum absolute atomic E-state index is 5.81. The van der Waals surface area contributed by atoms with Gasteiger partial charge in [-0.1, -0.05) is 65.7 Å². The molecule has 0 saturated heterocycles. The van der Waals surface area contributed by atoms with Crippen LogP contribution in [0.2, 0.25) is 0 Å². The summed E-state index contributed by atoms with van der Waals surface area (Å²) in [5.41, 5.74) is 9.17. The highest BCUT2D eigenvalue weighted by Crippen LogP contribution is 2.28. The van der Waals surface area contributed by atoms with Gasteiger partial charge >= 0.3 is 0 Å². The number of hydrogen-bond acceptors (Lipinski definition) is 2. The maximum atomic E-state index is 5.81. The molecule has 0 aliphatic rings. The average molecular weight is 347 g/mol. The summed E-state index contributed by atoms with van der Waals surface area (Å²) < 4.78 is 1.17. The molecule has 0 saturated carbocycles. The molecule has 21 heavy (non-hydrogen) atoms. The van der Waals surface area contributed by atoms with Crippen LogP contribution in [-0.2, 0) is 6.42 Å². The van der Waals surface area contributed by atoms with Crippen LogP contribution in [0.1, 0.15) is 47.2 Å². The Bertz CT molecular complexity index is 582. The molecule has 0 aromatic heterocycles. The zero-order chi connectivity index (χ0) is 15.4. The molecular weight excluding hydrogens is 324 g/mol. The van der Waals surface area contributed by atoms with Gasteiger partial charge in [0.15, 0.2) is 0 Å². The van der Waals surface area contributed by atoms with E-state index in [-0.39, 0.29) is 6.04 Å². The van der Waals surface area contributed by atoms with Crippen molar-refractivity contribution < 1.29 is 0 Å². The minimum Gasteiger partial charge on any atom is -0.271 e. The van der Waals surface area contributed by atoms with Gasteiger partial charge in [0.25, 0.3) is 0 Å². The summed E-state index contributed by atoms with van der Waals surface area (Å²) in [7, 11) is 0. The van der Waals surface area contributed by atoms with Gasteiger partial charge in [0.2, 0.25) is 0 Å². The Morgan fingerprint density at radius 1 is 1.05 bits per heavy atom. The molecular formula is C18H23BrN2. The van der Waals surface area contributed by atoms with E-state index in [4.69, 9.17) is 5.84 Å². The lowest BCUT2D eigenvalue weighted by atomic mass is 9.95. The molecule has 3 heteroatoms. The molecule has 0 heterocycles. The van der Waals surface area contributed by atoms with E-state index in [2.05, 4.69) is 78.5 Å². The number of benzene rings is 2. The third kappa shape index (κ3) is 3.73. The standard InChI is InChI=1S/C18H23BrN2/c1-4-5-14-6-8-15(9-7-14)18(21-20)16-10-12(2)17(19)13(3)11-16/h6-11,18,21H,4-5,20H2,1-3H3. The monoisotopic (exact) mass is 346 g/mol. The largest absolute Gasteiger partial charge is 0.271 e. The van der Waals surface area contributed by atoms with Crippen molar-refractivity contribution >= 4 is 15.9 Å². The first-order valence-electron chi connectivity index (χ1n) is 7.38. The molecule has 2 aromatic rings. The molecule has 0 fully saturated rings. The van der Waals surface area contributed by atoms with Crippen molar-refractivity contribution in [1.82, 2.24) is 5.43 Å². The van der Waals surface area contributed by atoms with Crippen LogP contribution in [0.3, 0.4) is 0 Å². The molecule has 0 aliphatic heterocycles. The fourth-order valence-corrected chi connectivity index (χ4v) is 2.93. The van der Waals surface area contributed by atoms with Gasteiger partial charge in [0.1, 0.15) is 0 Å². The second-order valence-electron chi connectivity index (χ2n) is 5.56. The number of aryl methyl sites for hydroxylation is 3. The summed E-state index contributed by atoms with van der Waals surface area (Å²) in [6, 6.07) is 13.1. The molecule has 0 aliphatic carbocycles. The van der Waals surface area contributed by atoms with Crippen molar-refractivity contribution in [1.29, 1.82) is 0 Å². The molecule has 3 N–H and O–H groups in total. The Hall–Kier alpha value is -1.16. The van der Waals surface area contributed by atoms with Gasteiger partial charge in [0.05, 0.1) is 6.04 Å². The first kappa shape index (κ1) is 16.2. The molecule has 2 aromatic carbocycles. The number of nitrogens with one attached hydrogen (secondary N) is 1. The van der Waals surface area contributed by atoms with Crippen molar-refractivity contribution in [2.75, 3.05) is 0 Å². The van der Waals surface area contributed by atoms with Crippen LogP contribution < -0.4 is 11.3 Å². The Balaban J connectivity index is 2.35. The van der Waals surface area contributed by atoms with Crippen LogP contribution in [0.15, 0.2) is 40.9 Å². The fraction of sp³-hybridized carbons (Fsp3) is 0.333. The van der Waals surface area contributed by atoms with E-state index in [0.29, 0.717) is 0 Å². The van der Waals surface area contributed by atoms with Gasteiger partial charge in [0, 0.05) is 4.47 Å². The Kier molecular flexibility index (Phi) is 5.57. The van der Waals surface area contributed by atoms with Gasteiger partial charge in [-0.15, -0.1) is 0 Å². The smallest absolute Gasteiger partial charge is 0.0710 e. The predicted molar refractivity (Wildman–Crippen MR) is 93.2 cm³/mol. The zero-order valence-electron chi connectivity index (χ0n) is 12.9. The van der Waals surface area contributed by atoms with Crippen LogP contribution in [0.25, 0.3) is 0 Å². The maximum Gasteiger partial charge on any atom is 0.0710 e. The first-order valence-corrected chi connectivity index (χ1v) is 8.17. The second-order valence-corrected chi connectivity index (χ2v) is 6.35. The number of halogens is 1. The van der Waals surface area contributed by atoms with Crippen LogP contribution in [0, 0.1) is 13.8 Å². The molecule has 0 spiro atoms. The van der Waals surface area contributed by atoms with Gasteiger partial charge < -0.3 is 0 Å². The number of hydrogen-bond donors (Lipinski definition) is 2. The molecule has 1 atom stereocenters. The Morgan fingerprint density at radius 3 is 2.10 bits per heavy atom. The highest BCUT2D eigenvalue weighted by molar-refractivity contribution is 9.10. The van der Waals surface area contributed by atoms with E-state index in [1.165, 1.54) is 38.7 Å². The van der Waals surface area contributed by atoms with Gasteiger partial charge in [-0.3, -0.25) is 5.84 Å². The van der Waals surface area contributed by atoms with E-state index >= 15 is 0 Å². The van der Waals surface area contributed by atoms with E-state index < -0.39 is 0 Å². The van der Waals surface area contributed by atoms with Crippen LogP contribution in [-0.4, -0.2) is 0 Å². The van der Waals surface area contributed by atoms with Crippen molar-refractivity contribution in [2.24, 2.45) is 5.84 Å². The SMILES string of the molecule is CCCc1ccc(C(NN)c2cc(C)c(Br)c(C)c2)cc1. The summed E-state index contributed by atoms with van der Waals surface area (Å²) in [6.07, 6.45) is 2.29. The quantitative estimate of drug-likeness (QED) is 0.614. The van der Waals surface area contributed by atoms with Crippen LogP contribution in [0.4, 0.5) is 0 Å². The summed E-state index contributed by atoms with van der Waals surface area (Å²) >= 11 is 3.62. The number of nitrogens with two attached hydrogens (primary N) is 1. The zero-order valence-corrected chi connectivity index (χ0v) is 14.5. The highest BCUT2D eigenvalue weighted by atomic mass is 79.9. The molecule has 2 rings (SSSR count). The summed E-state index contributed by atoms with van der Waals surface area (Å²) in [6.45, 7) is 6.42. The molecule has 112 valence electrons. The summed E-state index contributed by atoms with van der Waals surface area (Å²) in [5.74, 6) is 5.81. The lowest BCUT2D eigenvalue weighted by molar-refractivity contribution is 0.635. The highest BCUT2D eigenvalue weighted by Gasteiger charge is 2.14. The van der Waals surface area contributed by atoms with Crippen molar-refractivity contribution in [3.05, 3.63) is 68.7 Å². The molecule has 1 unspecified atom stereocenters.